The van der Waals surface area contributed by atoms with E-state index in [-0.39, 0.29) is 18.5 Å². The van der Waals surface area contributed by atoms with Crippen molar-refractivity contribution in [3.8, 4) is 0 Å². The Kier molecular flexibility index (Phi) is 6.17. The molecule has 1 aromatic rings. The summed E-state index contributed by atoms with van der Waals surface area (Å²) in [5, 5.41) is 2.84. The minimum Gasteiger partial charge on any atom is -0.398 e. The molecule has 0 unspecified atom stereocenters. The third kappa shape index (κ3) is 5.43. The molecule has 5 N–H and O–H groups in total. The van der Waals surface area contributed by atoms with Crippen LogP contribution in [0, 0.1) is 6.92 Å². The molecule has 116 valence electrons. The number of hydrogen-bond donors (Lipinski definition) is 3. The number of nitrogens with two attached hydrogens (primary N) is 2. The second-order valence-corrected chi connectivity index (χ2v) is 5.35. The topological polar surface area (TPSA) is 101 Å². The van der Waals surface area contributed by atoms with Crippen molar-refractivity contribution in [1.82, 2.24) is 4.90 Å². The van der Waals surface area contributed by atoms with E-state index >= 15 is 0 Å². The lowest BCUT2D eigenvalue weighted by molar-refractivity contribution is -0.121. The zero-order chi connectivity index (χ0) is 16.0. The number of nitrogens with one attached hydrogen (secondary N) is 1. The van der Waals surface area contributed by atoms with Gasteiger partial charge in [-0.1, -0.05) is 6.07 Å². The SMILES string of the molecule is Cc1c(N)cccc1NC(=O)CCN(CC(N)=O)C(C)C. The van der Waals surface area contributed by atoms with Gasteiger partial charge in [0.1, 0.15) is 0 Å². The first-order valence-corrected chi connectivity index (χ1v) is 6.98. The van der Waals surface area contributed by atoms with E-state index in [1.807, 2.05) is 31.7 Å². The number of amides is 2. The smallest absolute Gasteiger partial charge is 0.231 e. The monoisotopic (exact) mass is 292 g/mol. The molecule has 2 amide bonds. The fraction of sp³-hybridized carbons (Fsp3) is 0.467. The van der Waals surface area contributed by atoms with E-state index in [1.165, 1.54) is 0 Å². The minimum atomic E-state index is -0.393. The van der Waals surface area contributed by atoms with Crippen LogP contribution in [0.4, 0.5) is 11.4 Å². The highest BCUT2D eigenvalue weighted by Crippen LogP contribution is 2.20. The molecule has 0 fully saturated rings. The van der Waals surface area contributed by atoms with Crippen molar-refractivity contribution in [1.29, 1.82) is 0 Å². The van der Waals surface area contributed by atoms with E-state index in [4.69, 9.17) is 11.5 Å². The fourth-order valence-electron chi connectivity index (χ4n) is 1.97. The number of carbonyl (C=O) groups is 2. The van der Waals surface area contributed by atoms with Gasteiger partial charge >= 0.3 is 0 Å². The molecule has 0 saturated carbocycles. The Morgan fingerprint density at radius 2 is 2.00 bits per heavy atom. The van der Waals surface area contributed by atoms with Gasteiger partial charge in [-0.15, -0.1) is 0 Å². The van der Waals surface area contributed by atoms with Crippen molar-refractivity contribution in [2.24, 2.45) is 5.73 Å². The van der Waals surface area contributed by atoms with Crippen LogP contribution in [0.25, 0.3) is 0 Å². The molecule has 0 saturated heterocycles. The lowest BCUT2D eigenvalue weighted by Crippen LogP contribution is -2.40. The standard InChI is InChI=1S/C15H24N4O2/c1-10(2)19(9-14(17)20)8-7-15(21)18-13-6-4-5-12(16)11(13)3/h4-6,10H,7-9,16H2,1-3H3,(H2,17,20)(H,18,21). The van der Waals surface area contributed by atoms with Gasteiger partial charge in [0.15, 0.2) is 0 Å². The molecule has 0 aliphatic heterocycles. The molecule has 0 atom stereocenters. The van der Waals surface area contributed by atoms with E-state index in [1.54, 1.807) is 12.1 Å². The molecule has 0 aliphatic carbocycles. The zero-order valence-electron chi connectivity index (χ0n) is 12.8. The van der Waals surface area contributed by atoms with E-state index in [2.05, 4.69) is 5.32 Å². The van der Waals surface area contributed by atoms with Crippen molar-refractivity contribution in [2.75, 3.05) is 24.1 Å². The molecule has 0 aliphatic rings. The summed E-state index contributed by atoms with van der Waals surface area (Å²) < 4.78 is 0. The number of anilines is 2. The van der Waals surface area contributed by atoms with E-state index < -0.39 is 5.91 Å². The highest BCUT2D eigenvalue weighted by Gasteiger charge is 2.14. The summed E-state index contributed by atoms with van der Waals surface area (Å²) in [7, 11) is 0. The van der Waals surface area contributed by atoms with Crippen molar-refractivity contribution in [3.05, 3.63) is 23.8 Å². The average molecular weight is 292 g/mol. The number of nitrogens with zero attached hydrogens (tertiary/aromatic N) is 1. The molecule has 6 nitrogen and oxygen atoms in total. The number of carbonyl (C=O) groups excluding carboxylic acids is 2. The fourth-order valence-corrected chi connectivity index (χ4v) is 1.97. The minimum absolute atomic E-state index is 0.112. The van der Waals surface area contributed by atoms with Crippen LogP contribution in [0.2, 0.25) is 0 Å². The maximum Gasteiger partial charge on any atom is 0.231 e. The van der Waals surface area contributed by atoms with E-state index in [9.17, 15) is 9.59 Å². The van der Waals surface area contributed by atoms with E-state index in [0.717, 1.165) is 5.56 Å². The van der Waals surface area contributed by atoms with Crippen molar-refractivity contribution < 1.29 is 9.59 Å². The largest absolute Gasteiger partial charge is 0.398 e. The zero-order valence-corrected chi connectivity index (χ0v) is 12.8. The molecule has 6 heteroatoms. The van der Waals surface area contributed by atoms with Crippen LogP contribution in [0.3, 0.4) is 0 Å². The summed E-state index contributed by atoms with van der Waals surface area (Å²) in [5.41, 5.74) is 13.2. The maximum atomic E-state index is 12.0. The third-order valence-electron chi connectivity index (χ3n) is 3.37. The molecule has 1 aromatic carbocycles. The van der Waals surface area contributed by atoms with Gasteiger partial charge in [0.25, 0.3) is 0 Å². The quantitative estimate of drug-likeness (QED) is 0.655. The normalized spacial score (nSPS) is 10.9. The first-order chi connectivity index (χ1) is 9.81. The first-order valence-electron chi connectivity index (χ1n) is 6.98. The number of benzene rings is 1. The Morgan fingerprint density at radius 1 is 1.33 bits per heavy atom. The lowest BCUT2D eigenvalue weighted by Gasteiger charge is -2.24. The number of nitrogen functional groups attached to an aromatic ring is 1. The van der Waals surface area contributed by atoms with Crippen LogP contribution < -0.4 is 16.8 Å². The van der Waals surface area contributed by atoms with Crippen LogP contribution in [-0.4, -0.2) is 35.8 Å². The van der Waals surface area contributed by atoms with Crippen LogP contribution >= 0.6 is 0 Å². The molecule has 0 bridgehead atoms. The Morgan fingerprint density at radius 3 is 2.57 bits per heavy atom. The summed E-state index contributed by atoms with van der Waals surface area (Å²) in [5.74, 6) is -0.505. The van der Waals surface area contributed by atoms with Crippen LogP contribution in [0.1, 0.15) is 25.8 Å². The first kappa shape index (κ1) is 17.0. The van der Waals surface area contributed by atoms with Gasteiger partial charge in [0.2, 0.25) is 11.8 Å². The van der Waals surface area contributed by atoms with Gasteiger partial charge in [0.05, 0.1) is 6.54 Å². The molecule has 0 radical (unpaired) electrons. The molecular formula is C15H24N4O2. The number of rotatable bonds is 7. The molecule has 0 spiro atoms. The van der Waals surface area contributed by atoms with Crippen LogP contribution in [0.5, 0.6) is 0 Å². The second kappa shape index (κ2) is 7.64. The van der Waals surface area contributed by atoms with E-state index in [0.29, 0.717) is 24.3 Å². The van der Waals surface area contributed by atoms with Crippen LogP contribution in [0.15, 0.2) is 18.2 Å². The van der Waals surface area contributed by atoms with Crippen molar-refractivity contribution in [3.63, 3.8) is 0 Å². The summed E-state index contributed by atoms with van der Waals surface area (Å²) in [6.07, 6.45) is 0.291. The number of primary amides is 1. The summed E-state index contributed by atoms with van der Waals surface area (Å²) in [6, 6.07) is 5.55. The Bertz CT molecular complexity index is 514. The highest BCUT2D eigenvalue weighted by molar-refractivity contribution is 5.92. The van der Waals surface area contributed by atoms with Gasteiger partial charge in [-0.3, -0.25) is 14.5 Å². The summed E-state index contributed by atoms with van der Waals surface area (Å²) in [4.78, 5) is 24.9. The number of hydrogen-bond acceptors (Lipinski definition) is 4. The Hall–Kier alpha value is -2.08. The van der Waals surface area contributed by atoms with Crippen molar-refractivity contribution >= 4 is 23.2 Å². The Balaban J connectivity index is 2.57. The predicted molar refractivity (Wildman–Crippen MR) is 84.7 cm³/mol. The molecular weight excluding hydrogens is 268 g/mol. The highest BCUT2D eigenvalue weighted by atomic mass is 16.2. The van der Waals surface area contributed by atoms with Crippen LogP contribution in [-0.2, 0) is 9.59 Å². The molecule has 21 heavy (non-hydrogen) atoms. The summed E-state index contributed by atoms with van der Waals surface area (Å²) in [6.45, 7) is 6.42. The molecule has 0 heterocycles. The van der Waals surface area contributed by atoms with Gasteiger partial charge in [-0.05, 0) is 38.5 Å². The van der Waals surface area contributed by atoms with Gasteiger partial charge in [-0.2, -0.15) is 0 Å². The van der Waals surface area contributed by atoms with Gasteiger partial charge in [0, 0.05) is 30.4 Å². The van der Waals surface area contributed by atoms with Gasteiger partial charge in [-0.25, -0.2) is 0 Å². The molecule has 1 rings (SSSR count). The van der Waals surface area contributed by atoms with Gasteiger partial charge < -0.3 is 16.8 Å². The third-order valence-corrected chi connectivity index (χ3v) is 3.37. The maximum absolute atomic E-state index is 12.0. The Labute approximate surface area is 125 Å². The summed E-state index contributed by atoms with van der Waals surface area (Å²) >= 11 is 0. The lowest BCUT2D eigenvalue weighted by atomic mass is 10.1. The predicted octanol–water partition coefficient (Wildman–Crippen LogP) is 1.10. The second-order valence-electron chi connectivity index (χ2n) is 5.35. The van der Waals surface area contributed by atoms with Crippen molar-refractivity contribution in [2.45, 2.75) is 33.2 Å². The average Bonchev–Trinajstić information content (AvgIpc) is 2.39. The molecule has 0 aromatic heterocycles.